The average molecular weight is 213 g/mol. The molecule has 1 atom stereocenters. The SMILES string of the molecule is CCC(CC)C(=O)N1CCCCC1CO. The van der Waals surface area contributed by atoms with Crippen molar-refractivity contribution in [3.8, 4) is 0 Å². The van der Waals surface area contributed by atoms with Crippen LogP contribution in [0.15, 0.2) is 0 Å². The molecule has 1 unspecified atom stereocenters. The number of hydrogen-bond donors (Lipinski definition) is 1. The number of hydrogen-bond acceptors (Lipinski definition) is 2. The van der Waals surface area contributed by atoms with Crippen molar-refractivity contribution in [3.63, 3.8) is 0 Å². The summed E-state index contributed by atoms with van der Waals surface area (Å²) in [6, 6.07) is 0.0758. The van der Waals surface area contributed by atoms with Gasteiger partial charge in [-0.15, -0.1) is 0 Å². The minimum atomic E-state index is 0.0758. The Balaban J connectivity index is 2.62. The summed E-state index contributed by atoms with van der Waals surface area (Å²) in [7, 11) is 0. The van der Waals surface area contributed by atoms with Crippen molar-refractivity contribution < 1.29 is 9.90 Å². The Morgan fingerprint density at radius 1 is 1.40 bits per heavy atom. The number of piperidine rings is 1. The van der Waals surface area contributed by atoms with Crippen LogP contribution in [0.5, 0.6) is 0 Å². The molecule has 1 N–H and O–H groups in total. The molecule has 0 radical (unpaired) electrons. The third-order valence-electron chi connectivity index (χ3n) is 3.46. The molecular formula is C12H23NO2. The van der Waals surface area contributed by atoms with Crippen LogP contribution in [-0.4, -0.2) is 35.1 Å². The molecule has 3 heteroatoms. The van der Waals surface area contributed by atoms with E-state index in [2.05, 4.69) is 13.8 Å². The highest BCUT2D eigenvalue weighted by Crippen LogP contribution is 2.21. The Hall–Kier alpha value is -0.570. The predicted molar refractivity (Wildman–Crippen MR) is 60.5 cm³/mol. The third kappa shape index (κ3) is 2.94. The van der Waals surface area contributed by atoms with E-state index in [0.29, 0.717) is 0 Å². The van der Waals surface area contributed by atoms with Gasteiger partial charge in [-0.1, -0.05) is 13.8 Å². The maximum atomic E-state index is 12.1. The molecule has 1 amide bonds. The zero-order valence-electron chi connectivity index (χ0n) is 9.91. The van der Waals surface area contributed by atoms with Gasteiger partial charge in [-0.2, -0.15) is 0 Å². The fraction of sp³-hybridized carbons (Fsp3) is 0.917. The Morgan fingerprint density at radius 2 is 2.07 bits per heavy atom. The second kappa shape index (κ2) is 6.11. The van der Waals surface area contributed by atoms with Gasteiger partial charge < -0.3 is 10.0 Å². The minimum Gasteiger partial charge on any atom is -0.394 e. The first-order chi connectivity index (χ1) is 7.24. The van der Waals surface area contributed by atoms with Crippen LogP contribution < -0.4 is 0 Å². The fourth-order valence-corrected chi connectivity index (χ4v) is 2.35. The summed E-state index contributed by atoms with van der Waals surface area (Å²) in [5, 5.41) is 9.24. The van der Waals surface area contributed by atoms with Gasteiger partial charge in [0.05, 0.1) is 12.6 Å². The Bertz CT molecular complexity index is 202. The summed E-state index contributed by atoms with van der Waals surface area (Å²) < 4.78 is 0. The number of rotatable bonds is 4. The molecule has 0 aromatic heterocycles. The van der Waals surface area contributed by atoms with E-state index in [0.717, 1.165) is 38.6 Å². The van der Waals surface area contributed by atoms with Crippen LogP contribution in [0.4, 0.5) is 0 Å². The number of aliphatic hydroxyl groups is 1. The smallest absolute Gasteiger partial charge is 0.225 e. The van der Waals surface area contributed by atoms with Gasteiger partial charge in [0.15, 0.2) is 0 Å². The summed E-state index contributed by atoms with van der Waals surface area (Å²) in [5.74, 6) is 0.399. The van der Waals surface area contributed by atoms with Crippen LogP contribution in [0.25, 0.3) is 0 Å². The Morgan fingerprint density at radius 3 is 2.60 bits per heavy atom. The molecule has 1 aliphatic rings. The number of aliphatic hydroxyl groups excluding tert-OH is 1. The van der Waals surface area contributed by atoms with E-state index in [9.17, 15) is 9.90 Å². The van der Waals surface area contributed by atoms with Crippen LogP contribution in [-0.2, 0) is 4.79 Å². The molecule has 1 rings (SSSR count). The van der Waals surface area contributed by atoms with Crippen LogP contribution in [0.2, 0.25) is 0 Å². The number of likely N-dealkylation sites (tertiary alicyclic amines) is 1. The first kappa shape index (κ1) is 12.5. The van der Waals surface area contributed by atoms with Crippen molar-refractivity contribution in [1.82, 2.24) is 4.90 Å². The topological polar surface area (TPSA) is 40.5 Å². The number of carbonyl (C=O) groups is 1. The molecule has 1 heterocycles. The van der Waals surface area contributed by atoms with Crippen molar-refractivity contribution in [2.75, 3.05) is 13.2 Å². The lowest BCUT2D eigenvalue weighted by Gasteiger charge is -2.36. The molecule has 0 aromatic rings. The summed E-state index contributed by atoms with van der Waals surface area (Å²) in [4.78, 5) is 14.0. The molecular weight excluding hydrogens is 190 g/mol. The monoisotopic (exact) mass is 213 g/mol. The van der Waals surface area contributed by atoms with Crippen molar-refractivity contribution in [2.45, 2.75) is 52.0 Å². The van der Waals surface area contributed by atoms with E-state index >= 15 is 0 Å². The lowest BCUT2D eigenvalue weighted by Crippen LogP contribution is -2.48. The number of carbonyl (C=O) groups excluding carboxylic acids is 1. The molecule has 0 aromatic carbocycles. The summed E-state index contributed by atoms with van der Waals surface area (Å²) >= 11 is 0. The van der Waals surface area contributed by atoms with E-state index in [1.165, 1.54) is 0 Å². The fourth-order valence-electron chi connectivity index (χ4n) is 2.35. The van der Waals surface area contributed by atoms with Crippen molar-refractivity contribution in [3.05, 3.63) is 0 Å². The molecule has 1 aliphatic heterocycles. The second-order valence-electron chi connectivity index (χ2n) is 4.38. The zero-order chi connectivity index (χ0) is 11.3. The quantitative estimate of drug-likeness (QED) is 0.773. The van der Waals surface area contributed by atoms with Crippen LogP contribution in [0, 0.1) is 5.92 Å². The first-order valence-corrected chi connectivity index (χ1v) is 6.15. The number of amides is 1. The van der Waals surface area contributed by atoms with Crippen LogP contribution in [0.3, 0.4) is 0 Å². The van der Waals surface area contributed by atoms with Gasteiger partial charge >= 0.3 is 0 Å². The van der Waals surface area contributed by atoms with Crippen molar-refractivity contribution in [2.24, 2.45) is 5.92 Å². The lowest BCUT2D eigenvalue weighted by atomic mass is 9.96. The lowest BCUT2D eigenvalue weighted by molar-refractivity contribution is -0.140. The van der Waals surface area contributed by atoms with Crippen LogP contribution >= 0.6 is 0 Å². The first-order valence-electron chi connectivity index (χ1n) is 6.15. The molecule has 1 fully saturated rings. The number of nitrogens with zero attached hydrogens (tertiary/aromatic N) is 1. The molecule has 88 valence electrons. The van der Waals surface area contributed by atoms with E-state index in [4.69, 9.17) is 0 Å². The highest BCUT2D eigenvalue weighted by Gasteiger charge is 2.29. The largest absolute Gasteiger partial charge is 0.394 e. The molecule has 1 saturated heterocycles. The van der Waals surface area contributed by atoms with Crippen LogP contribution in [0.1, 0.15) is 46.0 Å². The van der Waals surface area contributed by atoms with Crippen molar-refractivity contribution in [1.29, 1.82) is 0 Å². The Kier molecular flexibility index (Phi) is 5.09. The van der Waals surface area contributed by atoms with E-state index in [1.54, 1.807) is 0 Å². The minimum absolute atomic E-state index is 0.0758. The summed E-state index contributed by atoms with van der Waals surface area (Å²) in [5.41, 5.74) is 0. The normalized spacial score (nSPS) is 22.1. The average Bonchev–Trinajstić information content (AvgIpc) is 2.30. The molecule has 15 heavy (non-hydrogen) atoms. The summed E-state index contributed by atoms with van der Waals surface area (Å²) in [6.07, 6.45) is 5.00. The summed E-state index contributed by atoms with van der Waals surface area (Å²) in [6.45, 7) is 5.07. The van der Waals surface area contributed by atoms with Gasteiger partial charge in [0, 0.05) is 12.5 Å². The Labute approximate surface area is 92.5 Å². The highest BCUT2D eigenvalue weighted by molar-refractivity contribution is 5.79. The van der Waals surface area contributed by atoms with Gasteiger partial charge in [0.2, 0.25) is 5.91 Å². The predicted octanol–water partition coefficient (Wildman–Crippen LogP) is 1.80. The second-order valence-corrected chi connectivity index (χ2v) is 4.38. The van der Waals surface area contributed by atoms with Gasteiger partial charge in [-0.05, 0) is 32.1 Å². The van der Waals surface area contributed by atoms with E-state index in [1.807, 2.05) is 4.90 Å². The van der Waals surface area contributed by atoms with Gasteiger partial charge in [0.1, 0.15) is 0 Å². The van der Waals surface area contributed by atoms with E-state index in [-0.39, 0.29) is 24.5 Å². The van der Waals surface area contributed by atoms with Gasteiger partial charge in [-0.25, -0.2) is 0 Å². The molecule has 0 saturated carbocycles. The maximum Gasteiger partial charge on any atom is 0.225 e. The van der Waals surface area contributed by atoms with Gasteiger partial charge in [0.25, 0.3) is 0 Å². The molecule has 0 spiro atoms. The highest BCUT2D eigenvalue weighted by atomic mass is 16.3. The maximum absolute atomic E-state index is 12.1. The standard InChI is InChI=1S/C12H23NO2/c1-3-10(4-2)12(15)13-8-6-5-7-11(13)9-14/h10-11,14H,3-9H2,1-2H3. The van der Waals surface area contributed by atoms with Crippen molar-refractivity contribution >= 4 is 5.91 Å². The third-order valence-corrected chi connectivity index (χ3v) is 3.46. The zero-order valence-corrected chi connectivity index (χ0v) is 9.91. The molecule has 0 aliphatic carbocycles. The molecule has 3 nitrogen and oxygen atoms in total. The van der Waals surface area contributed by atoms with E-state index < -0.39 is 0 Å². The van der Waals surface area contributed by atoms with Gasteiger partial charge in [-0.3, -0.25) is 4.79 Å². The molecule has 0 bridgehead atoms.